The highest BCUT2D eigenvalue weighted by Gasteiger charge is 2.16. The van der Waals surface area contributed by atoms with Gasteiger partial charge in [0.1, 0.15) is 5.82 Å². The van der Waals surface area contributed by atoms with Gasteiger partial charge in [0.05, 0.1) is 18.3 Å². The first-order valence-electron chi connectivity index (χ1n) is 6.28. The quantitative estimate of drug-likeness (QED) is 0.809. The highest BCUT2D eigenvalue weighted by atomic mass is 19.1. The second-order valence-electron chi connectivity index (χ2n) is 4.50. The van der Waals surface area contributed by atoms with E-state index in [1.54, 1.807) is 14.0 Å². The fourth-order valence-electron chi connectivity index (χ4n) is 1.70. The molecule has 0 heterocycles. The van der Waals surface area contributed by atoms with Crippen LogP contribution >= 0.6 is 0 Å². The van der Waals surface area contributed by atoms with Crippen LogP contribution < -0.4 is 0 Å². The van der Waals surface area contributed by atoms with Gasteiger partial charge >= 0.3 is 0 Å². The van der Waals surface area contributed by atoms with Gasteiger partial charge in [0.2, 0.25) is 0 Å². The van der Waals surface area contributed by atoms with Gasteiger partial charge in [-0.3, -0.25) is 4.79 Å². The third-order valence-corrected chi connectivity index (χ3v) is 2.56. The number of likely N-dealkylation sites (N-methyl/N-ethyl adjacent to an activating group) is 1. The van der Waals surface area contributed by atoms with Crippen molar-refractivity contribution in [1.82, 2.24) is 4.90 Å². The first kappa shape index (κ1) is 16.2. The van der Waals surface area contributed by atoms with Gasteiger partial charge in [0.15, 0.2) is 0 Å². The van der Waals surface area contributed by atoms with E-state index in [9.17, 15) is 14.3 Å². The SMILES string of the molecule is CC(O)CN(C)C(=O)c1ccc(F)cc1C#CCCO. The third kappa shape index (κ3) is 4.65. The molecule has 20 heavy (non-hydrogen) atoms. The van der Waals surface area contributed by atoms with Crippen LogP contribution in [0.1, 0.15) is 29.3 Å². The molecule has 2 N–H and O–H groups in total. The minimum Gasteiger partial charge on any atom is -0.395 e. The number of rotatable bonds is 4. The molecule has 1 aromatic rings. The van der Waals surface area contributed by atoms with Crippen LogP contribution in [-0.2, 0) is 0 Å². The first-order chi connectivity index (χ1) is 9.45. The number of aliphatic hydroxyl groups is 2. The molecule has 0 spiro atoms. The summed E-state index contributed by atoms with van der Waals surface area (Å²) in [5.74, 6) is 4.54. The molecule has 0 aliphatic carbocycles. The monoisotopic (exact) mass is 279 g/mol. The topological polar surface area (TPSA) is 60.8 Å². The number of carbonyl (C=O) groups excluding carboxylic acids is 1. The fourth-order valence-corrected chi connectivity index (χ4v) is 1.70. The Balaban J connectivity index is 3.05. The number of hydrogen-bond acceptors (Lipinski definition) is 3. The number of hydrogen-bond donors (Lipinski definition) is 2. The molecule has 1 atom stereocenters. The number of aliphatic hydroxyl groups excluding tert-OH is 2. The minimum atomic E-state index is -0.645. The first-order valence-corrected chi connectivity index (χ1v) is 6.28. The summed E-state index contributed by atoms with van der Waals surface area (Å²) >= 11 is 0. The molecule has 0 aromatic heterocycles. The maximum atomic E-state index is 13.2. The highest BCUT2D eigenvalue weighted by molar-refractivity contribution is 5.96. The van der Waals surface area contributed by atoms with Crippen molar-refractivity contribution >= 4 is 5.91 Å². The third-order valence-electron chi connectivity index (χ3n) is 2.56. The second kappa shape index (κ2) is 7.63. The molecule has 0 aliphatic heterocycles. The molecule has 4 nitrogen and oxygen atoms in total. The second-order valence-corrected chi connectivity index (χ2v) is 4.50. The molecule has 1 rings (SSSR count). The zero-order valence-corrected chi connectivity index (χ0v) is 11.6. The summed E-state index contributed by atoms with van der Waals surface area (Å²) in [7, 11) is 1.56. The Bertz CT molecular complexity index is 532. The van der Waals surface area contributed by atoms with E-state index in [2.05, 4.69) is 11.8 Å². The normalized spacial score (nSPS) is 11.4. The molecule has 1 amide bonds. The van der Waals surface area contributed by atoms with Crippen molar-refractivity contribution in [3.8, 4) is 11.8 Å². The predicted molar refractivity (Wildman–Crippen MR) is 73.6 cm³/mol. The minimum absolute atomic E-state index is 0.0898. The van der Waals surface area contributed by atoms with Crippen LogP contribution in [0.25, 0.3) is 0 Å². The summed E-state index contributed by atoms with van der Waals surface area (Å²) in [6, 6.07) is 3.76. The Hall–Kier alpha value is -1.90. The van der Waals surface area contributed by atoms with E-state index in [4.69, 9.17) is 5.11 Å². The molecular weight excluding hydrogens is 261 g/mol. The summed E-state index contributed by atoms with van der Waals surface area (Å²) < 4.78 is 13.2. The van der Waals surface area contributed by atoms with Crippen LogP contribution in [0, 0.1) is 17.7 Å². The van der Waals surface area contributed by atoms with E-state index in [-0.39, 0.29) is 36.6 Å². The number of benzene rings is 1. The van der Waals surface area contributed by atoms with Crippen molar-refractivity contribution < 1.29 is 19.4 Å². The standard InChI is InChI=1S/C15H18FNO3/c1-11(19)10-17(2)15(20)14-7-6-13(16)9-12(14)5-3-4-8-18/h6-7,9,11,18-19H,4,8,10H2,1-2H3. The predicted octanol–water partition coefficient (Wildman–Crippen LogP) is 1.01. The van der Waals surface area contributed by atoms with E-state index < -0.39 is 11.9 Å². The van der Waals surface area contributed by atoms with Gasteiger partial charge in [-0.2, -0.15) is 0 Å². The zero-order chi connectivity index (χ0) is 15.1. The van der Waals surface area contributed by atoms with E-state index in [0.29, 0.717) is 0 Å². The molecule has 0 aliphatic rings. The van der Waals surface area contributed by atoms with E-state index in [1.807, 2.05) is 0 Å². The van der Waals surface area contributed by atoms with Crippen LogP contribution in [0.15, 0.2) is 18.2 Å². The van der Waals surface area contributed by atoms with E-state index in [0.717, 1.165) is 0 Å². The van der Waals surface area contributed by atoms with Crippen LogP contribution in [0.4, 0.5) is 4.39 Å². The highest BCUT2D eigenvalue weighted by Crippen LogP contribution is 2.13. The van der Waals surface area contributed by atoms with Crippen molar-refractivity contribution in [3.05, 3.63) is 35.1 Å². The van der Waals surface area contributed by atoms with Crippen molar-refractivity contribution in [3.63, 3.8) is 0 Å². The Kier molecular flexibility index (Phi) is 6.16. The molecule has 0 saturated heterocycles. The smallest absolute Gasteiger partial charge is 0.254 e. The van der Waals surface area contributed by atoms with Crippen LogP contribution in [0.2, 0.25) is 0 Å². The largest absolute Gasteiger partial charge is 0.395 e. The Morgan fingerprint density at radius 3 is 2.80 bits per heavy atom. The molecule has 5 heteroatoms. The molecule has 1 aromatic carbocycles. The number of nitrogens with zero attached hydrogens (tertiary/aromatic N) is 1. The van der Waals surface area contributed by atoms with Gasteiger partial charge in [-0.1, -0.05) is 11.8 Å². The molecule has 108 valence electrons. The van der Waals surface area contributed by atoms with Gasteiger partial charge < -0.3 is 15.1 Å². The van der Waals surface area contributed by atoms with Crippen molar-refractivity contribution in [2.24, 2.45) is 0 Å². The lowest BCUT2D eigenvalue weighted by atomic mass is 10.1. The molecule has 0 saturated carbocycles. The van der Waals surface area contributed by atoms with E-state index in [1.165, 1.54) is 23.1 Å². The molecule has 1 unspecified atom stereocenters. The maximum absolute atomic E-state index is 13.2. The summed E-state index contributed by atoms with van der Waals surface area (Å²) in [4.78, 5) is 13.6. The van der Waals surface area contributed by atoms with E-state index >= 15 is 0 Å². The van der Waals surface area contributed by atoms with Crippen LogP contribution in [0.5, 0.6) is 0 Å². The van der Waals surface area contributed by atoms with Crippen LogP contribution in [0.3, 0.4) is 0 Å². The van der Waals surface area contributed by atoms with Gasteiger partial charge in [-0.05, 0) is 25.1 Å². The Labute approximate surface area is 117 Å². The lowest BCUT2D eigenvalue weighted by molar-refractivity contribution is 0.0703. The molecule has 0 radical (unpaired) electrons. The van der Waals surface area contributed by atoms with Gasteiger partial charge in [0, 0.05) is 25.6 Å². The van der Waals surface area contributed by atoms with Crippen molar-refractivity contribution in [1.29, 1.82) is 0 Å². The average Bonchev–Trinajstić information content (AvgIpc) is 2.37. The average molecular weight is 279 g/mol. The number of amides is 1. The Morgan fingerprint density at radius 1 is 1.50 bits per heavy atom. The van der Waals surface area contributed by atoms with Gasteiger partial charge in [-0.15, -0.1) is 0 Å². The number of halogens is 1. The van der Waals surface area contributed by atoms with Crippen molar-refractivity contribution in [2.45, 2.75) is 19.4 Å². The van der Waals surface area contributed by atoms with Gasteiger partial charge in [0.25, 0.3) is 5.91 Å². The maximum Gasteiger partial charge on any atom is 0.254 e. The fraction of sp³-hybridized carbons (Fsp3) is 0.400. The lowest BCUT2D eigenvalue weighted by Gasteiger charge is -2.19. The zero-order valence-electron chi connectivity index (χ0n) is 11.6. The lowest BCUT2D eigenvalue weighted by Crippen LogP contribution is -2.33. The summed E-state index contributed by atoms with van der Waals surface area (Å²) in [6.45, 7) is 1.67. The number of carbonyl (C=O) groups is 1. The molecule has 0 fully saturated rings. The molecular formula is C15H18FNO3. The van der Waals surface area contributed by atoms with Crippen LogP contribution in [-0.4, -0.2) is 47.3 Å². The summed E-state index contributed by atoms with van der Waals surface area (Å²) in [5, 5.41) is 18.0. The van der Waals surface area contributed by atoms with Crippen molar-refractivity contribution in [2.75, 3.05) is 20.2 Å². The van der Waals surface area contributed by atoms with Gasteiger partial charge in [-0.25, -0.2) is 4.39 Å². The summed E-state index contributed by atoms with van der Waals surface area (Å²) in [5.41, 5.74) is 0.556. The molecule has 0 bridgehead atoms. The summed E-state index contributed by atoms with van der Waals surface area (Å²) in [6.07, 6.45) is -0.387. The Morgan fingerprint density at radius 2 is 2.20 bits per heavy atom.